The van der Waals surface area contributed by atoms with E-state index in [4.69, 9.17) is 11.0 Å². The van der Waals surface area contributed by atoms with Gasteiger partial charge in [-0.05, 0) is 24.6 Å². The van der Waals surface area contributed by atoms with E-state index < -0.39 is 11.9 Å². The van der Waals surface area contributed by atoms with E-state index in [9.17, 15) is 9.18 Å². The maximum atomic E-state index is 13.1. The molecule has 1 rings (SSSR count). The van der Waals surface area contributed by atoms with Crippen LogP contribution in [0.25, 0.3) is 0 Å². The number of nitrogens with one attached hydrogen (secondary N) is 1. The molecule has 0 bridgehead atoms. The van der Waals surface area contributed by atoms with E-state index in [0.29, 0.717) is 12.1 Å². The molecule has 0 aliphatic heterocycles. The monoisotopic (exact) mass is 249 g/mol. The number of unbranched alkanes of at least 4 members (excludes halogenated alkanes) is 1. The summed E-state index contributed by atoms with van der Waals surface area (Å²) in [5.41, 5.74) is 5.98. The standard InChI is InChI=1S/C13H16FN3O/c1-2-3-4-12(16)13(18)17-10-5-6-11(14)9(7-10)8-15/h5-7,12H,2-4,16H2,1H3,(H,17,18)/t12-/m0/s1. The molecule has 0 saturated heterocycles. The van der Waals surface area contributed by atoms with Gasteiger partial charge in [-0.3, -0.25) is 4.79 Å². The van der Waals surface area contributed by atoms with Crippen molar-refractivity contribution in [2.75, 3.05) is 5.32 Å². The van der Waals surface area contributed by atoms with Gasteiger partial charge in [0.25, 0.3) is 0 Å². The zero-order valence-corrected chi connectivity index (χ0v) is 10.2. The lowest BCUT2D eigenvalue weighted by molar-refractivity contribution is -0.117. The minimum Gasteiger partial charge on any atom is -0.325 e. The predicted molar refractivity (Wildman–Crippen MR) is 67.2 cm³/mol. The lowest BCUT2D eigenvalue weighted by atomic mass is 10.1. The highest BCUT2D eigenvalue weighted by Gasteiger charge is 2.13. The highest BCUT2D eigenvalue weighted by atomic mass is 19.1. The number of halogens is 1. The van der Waals surface area contributed by atoms with Crippen molar-refractivity contribution in [1.29, 1.82) is 5.26 Å². The number of nitriles is 1. The van der Waals surface area contributed by atoms with Gasteiger partial charge >= 0.3 is 0 Å². The third kappa shape index (κ3) is 3.82. The molecule has 0 aromatic heterocycles. The molecule has 96 valence electrons. The number of nitrogens with zero attached hydrogens (tertiary/aromatic N) is 1. The van der Waals surface area contributed by atoms with Crippen LogP contribution in [-0.2, 0) is 4.79 Å². The Kier molecular flexibility index (Phi) is 5.28. The van der Waals surface area contributed by atoms with Crippen LogP contribution in [0.2, 0.25) is 0 Å². The molecule has 0 saturated carbocycles. The summed E-state index contributed by atoms with van der Waals surface area (Å²) < 4.78 is 13.1. The maximum absolute atomic E-state index is 13.1. The lowest BCUT2D eigenvalue weighted by Crippen LogP contribution is -2.35. The predicted octanol–water partition coefficient (Wildman–Crippen LogP) is 2.15. The molecule has 0 radical (unpaired) electrons. The number of nitrogens with two attached hydrogens (primary N) is 1. The molecule has 1 aromatic carbocycles. The second kappa shape index (κ2) is 6.72. The lowest BCUT2D eigenvalue weighted by Gasteiger charge is -2.11. The Bertz CT molecular complexity index is 468. The molecular formula is C13H16FN3O. The van der Waals surface area contributed by atoms with Crippen LogP contribution >= 0.6 is 0 Å². The number of rotatable bonds is 5. The van der Waals surface area contributed by atoms with Gasteiger partial charge in [-0.1, -0.05) is 19.8 Å². The molecule has 0 unspecified atom stereocenters. The number of hydrogen-bond donors (Lipinski definition) is 2. The Balaban J connectivity index is 2.67. The smallest absolute Gasteiger partial charge is 0.241 e. The highest BCUT2D eigenvalue weighted by molar-refractivity contribution is 5.94. The molecule has 0 heterocycles. The number of benzene rings is 1. The fraction of sp³-hybridized carbons (Fsp3) is 0.385. The number of carbonyl (C=O) groups is 1. The van der Waals surface area contributed by atoms with E-state index in [1.54, 1.807) is 6.07 Å². The normalized spacial score (nSPS) is 11.7. The third-order valence-corrected chi connectivity index (χ3v) is 2.56. The van der Waals surface area contributed by atoms with E-state index in [1.807, 2.05) is 6.92 Å². The van der Waals surface area contributed by atoms with Crippen molar-refractivity contribution in [2.24, 2.45) is 5.73 Å². The molecule has 0 spiro atoms. The van der Waals surface area contributed by atoms with E-state index in [1.165, 1.54) is 12.1 Å². The Labute approximate surface area is 106 Å². The number of hydrogen-bond acceptors (Lipinski definition) is 3. The highest BCUT2D eigenvalue weighted by Crippen LogP contribution is 2.14. The molecule has 18 heavy (non-hydrogen) atoms. The van der Waals surface area contributed by atoms with Crippen molar-refractivity contribution in [2.45, 2.75) is 32.2 Å². The molecule has 0 fully saturated rings. The fourth-order valence-electron chi connectivity index (χ4n) is 1.48. The van der Waals surface area contributed by atoms with Crippen molar-refractivity contribution in [1.82, 2.24) is 0 Å². The van der Waals surface area contributed by atoms with Gasteiger partial charge in [0.1, 0.15) is 11.9 Å². The first-order valence-corrected chi connectivity index (χ1v) is 5.84. The second-order valence-electron chi connectivity index (χ2n) is 4.04. The van der Waals surface area contributed by atoms with Crippen molar-refractivity contribution in [3.8, 4) is 6.07 Å². The quantitative estimate of drug-likeness (QED) is 0.839. The van der Waals surface area contributed by atoms with E-state index >= 15 is 0 Å². The minimum absolute atomic E-state index is 0.102. The molecule has 4 nitrogen and oxygen atoms in total. The molecule has 5 heteroatoms. The van der Waals surface area contributed by atoms with Crippen LogP contribution in [0.3, 0.4) is 0 Å². The van der Waals surface area contributed by atoms with Crippen LogP contribution in [0.5, 0.6) is 0 Å². The topological polar surface area (TPSA) is 78.9 Å². The van der Waals surface area contributed by atoms with Gasteiger partial charge in [-0.15, -0.1) is 0 Å². The summed E-state index contributed by atoms with van der Waals surface area (Å²) in [5.74, 6) is -0.926. The summed E-state index contributed by atoms with van der Waals surface area (Å²) in [4.78, 5) is 11.7. The Hall–Kier alpha value is -1.93. The zero-order valence-electron chi connectivity index (χ0n) is 10.2. The van der Waals surface area contributed by atoms with E-state index in [2.05, 4.69) is 5.32 Å². The average molecular weight is 249 g/mol. The van der Waals surface area contributed by atoms with Crippen molar-refractivity contribution < 1.29 is 9.18 Å². The number of carbonyl (C=O) groups excluding carboxylic acids is 1. The molecule has 0 aliphatic rings. The van der Waals surface area contributed by atoms with Gasteiger partial charge in [-0.25, -0.2) is 4.39 Å². The molecule has 3 N–H and O–H groups in total. The summed E-state index contributed by atoms with van der Waals surface area (Å²) in [6, 6.07) is 4.97. The molecular weight excluding hydrogens is 233 g/mol. The van der Waals surface area contributed by atoms with E-state index in [0.717, 1.165) is 18.9 Å². The summed E-state index contributed by atoms with van der Waals surface area (Å²) in [5, 5.41) is 11.2. The third-order valence-electron chi connectivity index (χ3n) is 2.56. The number of anilines is 1. The van der Waals surface area contributed by atoms with Crippen LogP contribution in [0.4, 0.5) is 10.1 Å². The largest absolute Gasteiger partial charge is 0.325 e. The van der Waals surface area contributed by atoms with Gasteiger partial charge < -0.3 is 11.1 Å². The first kappa shape index (κ1) is 14.1. The molecule has 1 amide bonds. The first-order chi connectivity index (χ1) is 8.58. The van der Waals surface area contributed by atoms with Crippen LogP contribution in [-0.4, -0.2) is 11.9 Å². The summed E-state index contributed by atoms with van der Waals surface area (Å²) in [6.07, 6.45) is 2.45. The van der Waals surface area contributed by atoms with Crippen LogP contribution in [0.15, 0.2) is 18.2 Å². The minimum atomic E-state index is -0.606. The molecule has 0 aliphatic carbocycles. The van der Waals surface area contributed by atoms with Gasteiger partial charge in [0, 0.05) is 5.69 Å². The maximum Gasteiger partial charge on any atom is 0.241 e. The second-order valence-corrected chi connectivity index (χ2v) is 4.04. The Morgan fingerprint density at radius 3 is 2.94 bits per heavy atom. The van der Waals surface area contributed by atoms with Gasteiger partial charge in [-0.2, -0.15) is 5.26 Å². The number of amides is 1. The van der Waals surface area contributed by atoms with Gasteiger partial charge in [0.2, 0.25) is 5.91 Å². The van der Waals surface area contributed by atoms with Crippen molar-refractivity contribution in [3.05, 3.63) is 29.6 Å². The van der Waals surface area contributed by atoms with Crippen LogP contribution in [0, 0.1) is 17.1 Å². The Morgan fingerprint density at radius 2 is 2.33 bits per heavy atom. The van der Waals surface area contributed by atoms with Gasteiger partial charge in [0.15, 0.2) is 0 Å². The van der Waals surface area contributed by atoms with E-state index in [-0.39, 0.29) is 11.5 Å². The summed E-state index contributed by atoms with van der Waals surface area (Å²) in [6.45, 7) is 2.02. The Morgan fingerprint density at radius 1 is 1.61 bits per heavy atom. The molecule has 1 atom stereocenters. The van der Waals surface area contributed by atoms with Crippen LogP contribution < -0.4 is 11.1 Å². The van der Waals surface area contributed by atoms with Crippen molar-refractivity contribution >= 4 is 11.6 Å². The van der Waals surface area contributed by atoms with Gasteiger partial charge in [0.05, 0.1) is 11.6 Å². The first-order valence-electron chi connectivity index (χ1n) is 5.84. The summed E-state index contributed by atoms with van der Waals surface area (Å²) >= 11 is 0. The fourth-order valence-corrected chi connectivity index (χ4v) is 1.48. The average Bonchev–Trinajstić information content (AvgIpc) is 2.37. The molecule has 1 aromatic rings. The van der Waals surface area contributed by atoms with Crippen molar-refractivity contribution in [3.63, 3.8) is 0 Å². The zero-order chi connectivity index (χ0) is 13.5. The summed E-state index contributed by atoms with van der Waals surface area (Å²) in [7, 11) is 0. The van der Waals surface area contributed by atoms with Crippen LogP contribution in [0.1, 0.15) is 31.7 Å². The SMILES string of the molecule is CCCC[C@H](N)C(=O)Nc1ccc(F)c(C#N)c1.